The zero-order chi connectivity index (χ0) is 22.0. The molecule has 1 amide bonds. The number of piperazine rings is 1. The third kappa shape index (κ3) is 5.11. The molecule has 0 radical (unpaired) electrons. The van der Waals surface area contributed by atoms with Crippen LogP contribution in [0.15, 0.2) is 63.9 Å². The second kappa shape index (κ2) is 9.42. The molecule has 9 heteroatoms. The molecule has 0 unspecified atom stereocenters. The Labute approximate surface area is 198 Å². The van der Waals surface area contributed by atoms with Crippen molar-refractivity contribution in [2.75, 3.05) is 31.1 Å². The molecule has 1 aromatic heterocycles. The lowest BCUT2D eigenvalue weighted by Crippen LogP contribution is -2.50. The summed E-state index contributed by atoms with van der Waals surface area (Å²) in [4.78, 5) is 29.0. The van der Waals surface area contributed by atoms with Gasteiger partial charge in [-0.2, -0.15) is 5.10 Å². The number of nitrogens with zero attached hydrogens (tertiary/aromatic N) is 4. The molecule has 3 aromatic rings. The van der Waals surface area contributed by atoms with Gasteiger partial charge in [-0.25, -0.2) is 4.68 Å². The quantitative estimate of drug-likeness (QED) is 0.512. The minimum Gasteiger partial charge on any atom is -0.368 e. The van der Waals surface area contributed by atoms with Crippen LogP contribution in [0.25, 0.3) is 11.3 Å². The van der Waals surface area contributed by atoms with Crippen LogP contribution in [0.2, 0.25) is 10.0 Å². The zero-order valence-corrected chi connectivity index (χ0v) is 19.6. The number of anilines is 1. The van der Waals surface area contributed by atoms with E-state index in [1.807, 2.05) is 36.4 Å². The van der Waals surface area contributed by atoms with Crippen LogP contribution in [0, 0.1) is 0 Å². The van der Waals surface area contributed by atoms with Crippen molar-refractivity contribution >= 4 is 50.7 Å². The van der Waals surface area contributed by atoms with Crippen LogP contribution in [-0.4, -0.2) is 46.8 Å². The Morgan fingerprint density at radius 3 is 2.32 bits per heavy atom. The smallest absolute Gasteiger partial charge is 0.267 e. The third-order valence-electron chi connectivity index (χ3n) is 5.19. The molecule has 2 aromatic carbocycles. The van der Waals surface area contributed by atoms with Crippen LogP contribution in [0.1, 0.15) is 0 Å². The average molecular weight is 522 g/mol. The highest BCUT2D eigenvalue weighted by molar-refractivity contribution is 9.10. The SMILES string of the molecule is O=C(Cn1nc(-c2ccc(Br)cc2)ccc1=O)N1CCN(c2ccc(Cl)c(Cl)c2)CC1. The van der Waals surface area contributed by atoms with Gasteiger partial charge in [-0.05, 0) is 36.4 Å². The maximum atomic E-state index is 12.8. The van der Waals surface area contributed by atoms with Gasteiger partial charge >= 0.3 is 0 Å². The number of hydrogen-bond donors (Lipinski definition) is 0. The van der Waals surface area contributed by atoms with Gasteiger partial charge in [0.1, 0.15) is 6.54 Å². The van der Waals surface area contributed by atoms with Crippen LogP contribution in [0.5, 0.6) is 0 Å². The van der Waals surface area contributed by atoms with Crippen molar-refractivity contribution in [1.82, 2.24) is 14.7 Å². The summed E-state index contributed by atoms with van der Waals surface area (Å²) in [6, 6.07) is 16.3. The van der Waals surface area contributed by atoms with Gasteiger partial charge in [0.15, 0.2) is 0 Å². The topological polar surface area (TPSA) is 58.4 Å². The molecular formula is C22H19BrCl2N4O2. The third-order valence-corrected chi connectivity index (χ3v) is 6.46. The van der Waals surface area contributed by atoms with Gasteiger partial charge in [0.2, 0.25) is 5.91 Å². The van der Waals surface area contributed by atoms with E-state index in [1.165, 1.54) is 10.7 Å². The normalized spacial score (nSPS) is 14.0. The van der Waals surface area contributed by atoms with E-state index in [-0.39, 0.29) is 18.0 Å². The summed E-state index contributed by atoms with van der Waals surface area (Å²) in [6.07, 6.45) is 0. The van der Waals surface area contributed by atoms with E-state index in [2.05, 4.69) is 25.9 Å². The van der Waals surface area contributed by atoms with E-state index < -0.39 is 0 Å². The molecule has 6 nitrogen and oxygen atoms in total. The molecule has 160 valence electrons. The number of halogens is 3. The number of rotatable bonds is 4. The zero-order valence-electron chi connectivity index (χ0n) is 16.5. The first-order chi connectivity index (χ1) is 14.9. The molecule has 31 heavy (non-hydrogen) atoms. The molecule has 2 heterocycles. The fourth-order valence-corrected chi connectivity index (χ4v) is 4.02. The Balaban J connectivity index is 1.42. The van der Waals surface area contributed by atoms with Crippen LogP contribution in [0.4, 0.5) is 5.69 Å². The maximum absolute atomic E-state index is 12.8. The summed E-state index contributed by atoms with van der Waals surface area (Å²) in [5.74, 6) is -0.128. The van der Waals surface area contributed by atoms with Crippen LogP contribution in [0.3, 0.4) is 0 Å². The first-order valence-electron chi connectivity index (χ1n) is 9.72. The van der Waals surface area contributed by atoms with Gasteiger partial charge in [0.05, 0.1) is 15.7 Å². The van der Waals surface area contributed by atoms with Gasteiger partial charge < -0.3 is 9.80 Å². The molecule has 0 N–H and O–H groups in total. The average Bonchev–Trinajstić information content (AvgIpc) is 2.78. The lowest BCUT2D eigenvalue weighted by Gasteiger charge is -2.36. The number of benzene rings is 2. The van der Waals surface area contributed by atoms with E-state index in [0.29, 0.717) is 41.9 Å². The highest BCUT2D eigenvalue weighted by atomic mass is 79.9. The molecule has 0 bridgehead atoms. The molecule has 0 atom stereocenters. The molecular weight excluding hydrogens is 503 g/mol. The molecule has 0 saturated carbocycles. The number of amides is 1. The van der Waals surface area contributed by atoms with Gasteiger partial charge in [-0.1, -0.05) is 51.3 Å². The summed E-state index contributed by atoms with van der Waals surface area (Å²) in [7, 11) is 0. The van der Waals surface area contributed by atoms with Gasteiger partial charge in [0.25, 0.3) is 5.56 Å². The summed E-state index contributed by atoms with van der Waals surface area (Å²) in [6.45, 7) is 2.37. The Kier molecular flexibility index (Phi) is 6.65. The highest BCUT2D eigenvalue weighted by Crippen LogP contribution is 2.27. The second-order valence-corrected chi connectivity index (χ2v) is 8.92. The minimum atomic E-state index is -0.302. The van der Waals surface area contributed by atoms with E-state index in [1.54, 1.807) is 17.0 Å². The predicted octanol–water partition coefficient (Wildman–Crippen LogP) is 4.33. The minimum absolute atomic E-state index is 0.0873. The Morgan fingerprint density at radius 1 is 0.935 bits per heavy atom. The first-order valence-corrected chi connectivity index (χ1v) is 11.3. The number of aromatic nitrogens is 2. The first kappa shape index (κ1) is 21.9. The second-order valence-electron chi connectivity index (χ2n) is 7.19. The number of hydrogen-bond acceptors (Lipinski definition) is 4. The van der Waals surface area contributed by atoms with Crippen molar-refractivity contribution in [3.05, 3.63) is 79.5 Å². The fraction of sp³-hybridized carbons (Fsp3) is 0.227. The van der Waals surface area contributed by atoms with Crippen molar-refractivity contribution in [1.29, 1.82) is 0 Å². The predicted molar refractivity (Wildman–Crippen MR) is 127 cm³/mol. The van der Waals surface area contributed by atoms with Crippen LogP contribution in [-0.2, 0) is 11.3 Å². The van der Waals surface area contributed by atoms with Crippen molar-refractivity contribution in [3.8, 4) is 11.3 Å². The standard InChI is InChI=1S/C22H19BrCl2N4O2/c23-16-3-1-15(2-4-16)20-7-8-21(30)29(26-20)14-22(31)28-11-9-27(10-12-28)17-5-6-18(24)19(25)13-17/h1-8,13H,9-12,14H2. The largest absolute Gasteiger partial charge is 0.368 e. The molecule has 1 aliphatic rings. The number of carbonyl (C=O) groups is 1. The van der Waals surface area contributed by atoms with Gasteiger partial charge in [0, 0.05) is 48.0 Å². The summed E-state index contributed by atoms with van der Waals surface area (Å²) in [5.41, 5.74) is 2.19. The summed E-state index contributed by atoms with van der Waals surface area (Å²) in [5, 5.41) is 5.42. The van der Waals surface area contributed by atoms with Crippen LogP contribution < -0.4 is 10.5 Å². The Bertz CT molecular complexity index is 1160. The molecule has 1 fully saturated rings. The molecule has 4 rings (SSSR count). The molecule has 0 aliphatic carbocycles. The maximum Gasteiger partial charge on any atom is 0.267 e. The van der Waals surface area contributed by atoms with E-state index >= 15 is 0 Å². The van der Waals surface area contributed by atoms with E-state index in [4.69, 9.17) is 23.2 Å². The van der Waals surface area contributed by atoms with E-state index in [0.717, 1.165) is 15.7 Å². The van der Waals surface area contributed by atoms with Crippen molar-refractivity contribution < 1.29 is 4.79 Å². The molecule has 1 aliphatic heterocycles. The monoisotopic (exact) mass is 520 g/mol. The van der Waals surface area contributed by atoms with Gasteiger partial charge in [-0.3, -0.25) is 9.59 Å². The Hall–Kier alpha value is -2.35. The van der Waals surface area contributed by atoms with Crippen molar-refractivity contribution in [2.24, 2.45) is 0 Å². The fourth-order valence-electron chi connectivity index (χ4n) is 3.46. The van der Waals surface area contributed by atoms with Crippen LogP contribution >= 0.6 is 39.1 Å². The lowest BCUT2D eigenvalue weighted by molar-refractivity contribution is -0.132. The van der Waals surface area contributed by atoms with E-state index in [9.17, 15) is 9.59 Å². The number of carbonyl (C=O) groups excluding carboxylic acids is 1. The summed E-state index contributed by atoms with van der Waals surface area (Å²) < 4.78 is 2.19. The van der Waals surface area contributed by atoms with Gasteiger partial charge in [-0.15, -0.1) is 0 Å². The van der Waals surface area contributed by atoms with Crippen molar-refractivity contribution in [3.63, 3.8) is 0 Å². The summed E-state index contributed by atoms with van der Waals surface area (Å²) >= 11 is 15.5. The molecule has 1 saturated heterocycles. The lowest BCUT2D eigenvalue weighted by atomic mass is 10.1. The molecule has 0 spiro atoms. The van der Waals surface area contributed by atoms with Crippen molar-refractivity contribution in [2.45, 2.75) is 6.54 Å². The highest BCUT2D eigenvalue weighted by Gasteiger charge is 2.22. The Morgan fingerprint density at radius 2 is 1.65 bits per heavy atom.